The zero-order valence-corrected chi connectivity index (χ0v) is 14.4. The first-order valence-corrected chi connectivity index (χ1v) is 8.68. The molecule has 2 atom stereocenters. The van der Waals surface area contributed by atoms with E-state index in [1.807, 2.05) is 10.8 Å². The van der Waals surface area contributed by atoms with Crippen LogP contribution >= 0.6 is 0 Å². The number of likely N-dealkylation sites (tertiary alicyclic amines) is 1. The van der Waals surface area contributed by atoms with Crippen LogP contribution in [-0.2, 0) is 17.9 Å². The SMILES string of the molecule is CC(C)Cn1ccnc1CNC(=O)N1C[C@@H]2CCC[C@@]2(C(=O)O)C1. The lowest BCUT2D eigenvalue weighted by molar-refractivity contribution is -0.149. The highest BCUT2D eigenvalue weighted by atomic mass is 16.4. The van der Waals surface area contributed by atoms with Crippen molar-refractivity contribution < 1.29 is 14.7 Å². The van der Waals surface area contributed by atoms with Crippen LogP contribution in [0.25, 0.3) is 0 Å². The molecule has 2 amide bonds. The predicted molar refractivity (Wildman–Crippen MR) is 88.3 cm³/mol. The molecule has 0 bridgehead atoms. The number of nitrogens with one attached hydrogen (secondary N) is 1. The third kappa shape index (κ3) is 2.99. The van der Waals surface area contributed by atoms with Gasteiger partial charge in [0.05, 0.1) is 12.0 Å². The monoisotopic (exact) mass is 334 g/mol. The van der Waals surface area contributed by atoms with E-state index in [9.17, 15) is 14.7 Å². The Kier molecular flexibility index (Phi) is 4.51. The number of aliphatic carboxylic acids is 1. The molecule has 0 unspecified atom stereocenters. The molecule has 132 valence electrons. The van der Waals surface area contributed by atoms with E-state index in [0.29, 0.717) is 32.0 Å². The van der Waals surface area contributed by atoms with Crippen LogP contribution in [-0.4, -0.2) is 44.6 Å². The normalized spacial score (nSPS) is 26.0. The fourth-order valence-electron chi connectivity index (χ4n) is 4.13. The molecule has 2 heterocycles. The number of amides is 2. The lowest BCUT2D eigenvalue weighted by atomic mass is 9.81. The van der Waals surface area contributed by atoms with Gasteiger partial charge in [0, 0.05) is 32.0 Å². The molecular weight excluding hydrogens is 308 g/mol. The van der Waals surface area contributed by atoms with Crippen LogP contribution in [0.4, 0.5) is 4.79 Å². The Hall–Kier alpha value is -2.05. The average molecular weight is 334 g/mol. The first kappa shape index (κ1) is 16.8. The molecule has 24 heavy (non-hydrogen) atoms. The molecule has 1 aromatic heterocycles. The third-order valence-corrected chi connectivity index (χ3v) is 5.35. The van der Waals surface area contributed by atoms with Crippen LogP contribution in [0.5, 0.6) is 0 Å². The van der Waals surface area contributed by atoms with Gasteiger partial charge < -0.3 is 19.9 Å². The molecule has 0 aromatic carbocycles. The molecule has 1 aliphatic heterocycles. The standard InChI is InChI=1S/C17H26N4O3/c1-12(2)9-20-7-6-18-14(20)8-19-16(24)21-10-13-4-3-5-17(13,11-21)15(22)23/h6-7,12-13H,3-5,8-11H2,1-2H3,(H,19,24)(H,22,23)/t13-,17+/m0/s1. The number of urea groups is 1. The van der Waals surface area contributed by atoms with Crippen molar-refractivity contribution in [3.63, 3.8) is 0 Å². The molecule has 1 aromatic rings. The zero-order valence-electron chi connectivity index (χ0n) is 14.4. The maximum Gasteiger partial charge on any atom is 0.317 e. The molecule has 1 saturated heterocycles. The average Bonchev–Trinajstić information content (AvgIpc) is 3.17. The molecule has 2 aliphatic rings. The van der Waals surface area contributed by atoms with E-state index in [2.05, 4.69) is 24.1 Å². The maximum absolute atomic E-state index is 12.5. The lowest BCUT2D eigenvalue weighted by Gasteiger charge is -2.23. The van der Waals surface area contributed by atoms with Crippen molar-refractivity contribution in [2.24, 2.45) is 17.3 Å². The number of hydrogen-bond acceptors (Lipinski definition) is 3. The van der Waals surface area contributed by atoms with Crippen LogP contribution in [0, 0.1) is 17.3 Å². The highest BCUT2D eigenvalue weighted by Crippen LogP contribution is 2.48. The van der Waals surface area contributed by atoms with Crippen molar-refractivity contribution in [1.29, 1.82) is 0 Å². The summed E-state index contributed by atoms with van der Waals surface area (Å²) in [5, 5.41) is 12.5. The Labute approximate surface area is 142 Å². The van der Waals surface area contributed by atoms with Gasteiger partial charge >= 0.3 is 12.0 Å². The predicted octanol–water partition coefficient (Wildman–Crippen LogP) is 1.94. The van der Waals surface area contributed by atoms with Gasteiger partial charge in [-0.15, -0.1) is 0 Å². The van der Waals surface area contributed by atoms with Gasteiger partial charge in [0.2, 0.25) is 0 Å². The van der Waals surface area contributed by atoms with E-state index in [1.165, 1.54) is 0 Å². The van der Waals surface area contributed by atoms with Gasteiger partial charge in [-0.1, -0.05) is 20.3 Å². The Morgan fingerprint density at radius 2 is 2.29 bits per heavy atom. The van der Waals surface area contributed by atoms with Crippen molar-refractivity contribution in [1.82, 2.24) is 19.8 Å². The highest BCUT2D eigenvalue weighted by molar-refractivity contribution is 5.80. The van der Waals surface area contributed by atoms with Crippen LogP contribution < -0.4 is 5.32 Å². The highest BCUT2D eigenvalue weighted by Gasteiger charge is 2.55. The van der Waals surface area contributed by atoms with Gasteiger partial charge in [-0.05, 0) is 24.7 Å². The summed E-state index contributed by atoms with van der Waals surface area (Å²) in [5.74, 6) is 0.655. The van der Waals surface area contributed by atoms with Crippen molar-refractivity contribution in [3.05, 3.63) is 18.2 Å². The first-order chi connectivity index (χ1) is 11.4. The van der Waals surface area contributed by atoms with Gasteiger partial charge in [-0.25, -0.2) is 9.78 Å². The minimum atomic E-state index is -0.757. The summed E-state index contributed by atoms with van der Waals surface area (Å²) in [5.41, 5.74) is -0.729. The summed E-state index contributed by atoms with van der Waals surface area (Å²) in [6, 6.07) is -0.191. The number of carbonyl (C=O) groups is 2. The molecule has 7 heteroatoms. The Morgan fingerprint density at radius 1 is 1.50 bits per heavy atom. The van der Waals surface area contributed by atoms with E-state index in [0.717, 1.165) is 25.2 Å². The van der Waals surface area contributed by atoms with E-state index >= 15 is 0 Å². The topological polar surface area (TPSA) is 87.5 Å². The minimum absolute atomic E-state index is 0.0867. The number of carbonyl (C=O) groups excluding carboxylic acids is 1. The molecule has 2 fully saturated rings. The van der Waals surface area contributed by atoms with Gasteiger partial charge in [0.1, 0.15) is 5.82 Å². The Balaban J connectivity index is 1.59. The number of carboxylic acid groups (broad SMARTS) is 1. The van der Waals surface area contributed by atoms with Crippen molar-refractivity contribution >= 4 is 12.0 Å². The molecule has 7 nitrogen and oxygen atoms in total. The second-order valence-electron chi connectivity index (χ2n) is 7.48. The number of nitrogens with zero attached hydrogens (tertiary/aromatic N) is 3. The van der Waals surface area contributed by atoms with Crippen LogP contribution in [0.1, 0.15) is 38.9 Å². The number of rotatable bonds is 5. The van der Waals surface area contributed by atoms with Crippen molar-refractivity contribution in [3.8, 4) is 0 Å². The summed E-state index contributed by atoms with van der Waals surface area (Å²) in [4.78, 5) is 30.1. The number of carboxylic acids is 1. The molecule has 0 radical (unpaired) electrons. The number of fused-ring (bicyclic) bond motifs is 1. The minimum Gasteiger partial charge on any atom is -0.481 e. The number of imidazole rings is 1. The maximum atomic E-state index is 12.5. The quantitative estimate of drug-likeness (QED) is 0.861. The third-order valence-electron chi connectivity index (χ3n) is 5.35. The fraction of sp³-hybridized carbons (Fsp3) is 0.706. The van der Waals surface area contributed by atoms with E-state index < -0.39 is 11.4 Å². The smallest absolute Gasteiger partial charge is 0.317 e. The summed E-state index contributed by atoms with van der Waals surface area (Å²) in [6.07, 6.45) is 6.17. The van der Waals surface area contributed by atoms with E-state index in [1.54, 1.807) is 11.1 Å². The Bertz CT molecular complexity index is 627. The largest absolute Gasteiger partial charge is 0.481 e. The molecule has 1 aliphatic carbocycles. The number of aromatic nitrogens is 2. The van der Waals surface area contributed by atoms with Crippen molar-refractivity contribution in [2.75, 3.05) is 13.1 Å². The fourth-order valence-corrected chi connectivity index (χ4v) is 4.13. The number of hydrogen-bond donors (Lipinski definition) is 2. The first-order valence-electron chi connectivity index (χ1n) is 8.68. The molecule has 2 N–H and O–H groups in total. The van der Waals surface area contributed by atoms with Crippen molar-refractivity contribution in [2.45, 2.75) is 46.2 Å². The molecular formula is C17H26N4O3. The zero-order chi connectivity index (χ0) is 17.3. The molecule has 1 saturated carbocycles. The summed E-state index contributed by atoms with van der Waals surface area (Å²) < 4.78 is 2.04. The van der Waals surface area contributed by atoms with Crippen LogP contribution in [0.15, 0.2) is 12.4 Å². The lowest BCUT2D eigenvalue weighted by Crippen LogP contribution is -2.41. The van der Waals surface area contributed by atoms with Gasteiger partial charge in [-0.2, -0.15) is 0 Å². The molecule has 3 rings (SSSR count). The second-order valence-corrected chi connectivity index (χ2v) is 7.48. The second kappa shape index (κ2) is 6.45. The van der Waals surface area contributed by atoms with Crippen LogP contribution in [0.2, 0.25) is 0 Å². The summed E-state index contributed by atoms with van der Waals surface area (Å²) in [6.45, 7) is 6.35. The van der Waals surface area contributed by atoms with E-state index in [-0.39, 0.29) is 11.9 Å². The van der Waals surface area contributed by atoms with Gasteiger partial charge in [0.15, 0.2) is 0 Å². The summed E-state index contributed by atoms with van der Waals surface area (Å²) in [7, 11) is 0. The van der Waals surface area contributed by atoms with E-state index in [4.69, 9.17) is 0 Å². The van der Waals surface area contributed by atoms with Gasteiger partial charge in [0.25, 0.3) is 0 Å². The van der Waals surface area contributed by atoms with Gasteiger partial charge in [-0.3, -0.25) is 4.79 Å². The van der Waals surface area contributed by atoms with Crippen LogP contribution in [0.3, 0.4) is 0 Å². The summed E-state index contributed by atoms with van der Waals surface area (Å²) >= 11 is 0. The molecule has 0 spiro atoms. The Morgan fingerprint density at radius 3 is 2.96 bits per heavy atom.